The van der Waals surface area contributed by atoms with Crippen molar-refractivity contribution in [1.29, 1.82) is 0 Å². The molecule has 0 fully saturated rings. The first-order valence-corrected chi connectivity index (χ1v) is 9.40. The number of benzene rings is 2. The fourth-order valence-electron chi connectivity index (χ4n) is 2.54. The minimum Gasteiger partial charge on any atom is -0.871 e. The monoisotopic (exact) mass is 372 g/mol. The Balaban J connectivity index is 0.00000312. The summed E-state index contributed by atoms with van der Waals surface area (Å²) in [4.78, 5) is -0.542. The summed E-state index contributed by atoms with van der Waals surface area (Å²) in [6, 6.07) is 11.5. The molecule has 5 nitrogen and oxygen atoms in total. The van der Waals surface area contributed by atoms with Crippen LogP contribution in [0.15, 0.2) is 47.4 Å². The fourth-order valence-corrected chi connectivity index (χ4v) is 3.34. The van der Waals surface area contributed by atoms with E-state index in [0.717, 1.165) is 31.7 Å². The molecular weight excluding hydrogens is 351 g/mol. The summed E-state index contributed by atoms with van der Waals surface area (Å²) in [5, 5.41) is 12.2. The van der Waals surface area contributed by atoms with Crippen LogP contribution < -0.4 is 39.4 Å². The number of unbranched alkanes of at least 4 members (excludes halogenated alkanes) is 3. The summed E-state index contributed by atoms with van der Waals surface area (Å²) in [5.41, 5.74) is 0.298. The average molecular weight is 372 g/mol. The molecule has 0 aliphatic rings. The minimum atomic E-state index is -4.56. The number of hydrogen-bond acceptors (Lipinski definition) is 4. The van der Waals surface area contributed by atoms with Crippen LogP contribution in [0.5, 0.6) is 17.2 Å². The Labute approximate surface area is 171 Å². The summed E-state index contributed by atoms with van der Waals surface area (Å²) in [6.07, 6.45) is 4.15. The van der Waals surface area contributed by atoms with Gasteiger partial charge in [0.2, 0.25) is 0 Å². The van der Waals surface area contributed by atoms with Gasteiger partial charge in [-0.2, -0.15) is 8.42 Å². The standard InChI is InChI=1S/C18H22O5S.Na/c1-2-3-4-6-9-14-12-16(23-15-10-7-5-8-11-15)13-17(19)18(14)24(20,21)22;/h5,7-8,10-13,19H,2-4,6,9H2,1H3,(H,20,21,22);/q;+1/p-1. The van der Waals surface area contributed by atoms with E-state index in [4.69, 9.17) is 4.74 Å². The van der Waals surface area contributed by atoms with E-state index >= 15 is 0 Å². The molecule has 0 heterocycles. The maximum Gasteiger partial charge on any atom is 1.00 e. The van der Waals surface area contributed by atoms with Gasteiger partial charge in [-0.15, -0.1) is 0 Å². The van der Waals surface area contributed by atoms with E-state index in [1.54, 1.807) is 24.3 Å². The number of rotatable bonds is 8. The number of para-hydroxylation sites is 1. The predicted octanol–water partition coefficient (Wildman–Crippen LogP) is 0.926. The molecule has 0 unspecified atom stereocenters. The fraction of sp³-hybridized carbons (Fsp3) is 0.333. The largest absolute Gasteiger partial charge is 1.00 e. The van der Waals surface area contributed by atoms with Crippen molar-refractivity contribution in [2.45, 2.75) is 43.9 Å². The molecule has 2 aromatic carbocycles. The van der Waals surface area contributed by atoms with Gasteiger partial charge in [-0.05, 0) is 42.7 Å². The van der Waals surface area contributed by atoms with Crippen LogP contribution in [0.2, 0.25) is 0 Å². The normalized spacial score (nSPS) is 11.0. The molecular formula is C18H21NaO5S. The predicted molar refractivity (Wildman–Crippen MR) is 90.1 cm³/mol. The first-order chi connectivity index (χ1) is 11.4. The third kappa shape index (κ3) is 6.64. The topological polar surface area (TPSA) is 86.7 Å². The zero-order chi connectivity index (χ0) is 17.6. The Hall–Kier alpha value is -1.05. The molecule has 0 amide bonds. The van der Waals surface area contributed by atoms with Gasteiger partial charge in [0.05, 0.1) is 4.90 Å². The third-order valence-electron chi connectivity index (χ3n) is 3.64. The molecule has 0 aliphatic heterocycles. The Kier molecular flexibility index (Phi) is 8.96. The molecule has 1 N–H and O–H groups in total. The first kappa shape index (κ1) is 22.0. The van der Waals surface area contributed by atoms with Crippen molar-refractivity contribution in [3.8, 4) is 17.2 Å². The van der Waals surface area contributed by atoms with Crippen molar-refractivity contribution < 1.29 is 52.4 Å². The van der Waals surface area contributed by atoms with Crippen molar-refractivity contribution in [3.05, 3.63) is 48.0 Å². The molecule has 0 bridgehead atoms. The SMILES string of the molecule is CCCCCCc1cc(Oc2ccccc2)cc([O-])c1S(=O)(=O)O.[Na+]. The van der Waals surface area contributed by atoms with E-state index in [1.807, 2.05) is 6.07 Å². The molecule has 0 radical (unpaired) electrons. The minimum absolute atomic E-state index is 0. The number of aryl methyl sites for hydroxylation is 1. The maximum absolute atomic E-state index is 12.2. The van der Waals surface area contributed by atoms with E-state index in [0.29, 0.717) is 17.7 Å². The molecule has 0 aliphatic carbocycles. The van der Waals surface area contributed by atoms with Crippen LogP contribution in [-0.2, 0) is 16.5 Å². The zero-order valence-corrected chi connectivity index (χ0v) is 17.4. The smallest absolute Gasteiger partial charge is 0.871 e. The summed E-state index contributed by atoms with van der Waals surface area (Å²) < 4.78 is 38.1. The summed E-state index contributed by atoms with van der Waals surface area (Å²) in [6.45, 7) is 2.08. The molecule has 0 saturated carbocycles. The molecule has 7 heteroatoms. The molecule has 0 saturated heterocycles. The van der Waals surface area contributed by atoms with Crippen LogP contribution in [0.1, 0.15) is 38.2 Å². The van der Waals surface area contributed by atoms with Crippen LogP contribution in [0.25, 0.3) is 0 Å². The first-order valence-electron chi connectivity index (χ1n) is 7.96. The second kappa shape index (κ2) is 10.2. The van der Waals surface area contributed by atoms with Gasteiger partial charge in [0.25, 0.3) is 10.1 Å². The van der Waals surface area contributed by atoms with Crippen LogP contribution in [0, 0.1) is 0 Å². The molecule has 0 spiro atoms. The molecule has 2 rings (SSSR count). The molecule has 25 heavy (non-hydrogen) atoms. The van der Waals surface area contributed by atoms with Gasteiger partial charge >= 0.3 is 29.6 Å². The molecule has 2 aromatic rings. The van der Waals surface area contributed by atoms with Gasteiger partial charge in [-0.3, -0.25) is 4.55 Å². The summed E-state index contributed by atoms with van der Waals surface area (Å²) >= 11 is 0. The van der Waals surface area contributed by atoms with Crippen LogP contribution in [0.4, 0.5) is 0 Å². The van der Waals surface area contributed by atoms with Crippen molar-refractivity contribution in [2.75, 3.05) is 0 Å². The van der Waals surface area contributed by atoms with Crippen LogP contribution >= 0.6 is 0 Å². The van der Waals surface area contributed by atoms with E-state index in [1.165, 1.54) is 6.07 Å². The Morgan fingerprint density at radius 1 is 1.04 bits per heavy atom. The van der Waals surface area contributed by atoms with E-state index < -0.39 is 20.8 Å². The maximum atomic E-state index is 12.2. The molecule has 130 valence electrons. The summed E-state index contributed by atoms with van der Waals surface area (Å²) in [7, 11) is -4.56. The number of hydrogen-bond donors (Lipinski definition) is 1. The van der Waals surface area contributed by atoms with Crippen molar-refractivity contribution >= 4 is 10.1 Å². The quantitative estimate of drug-likeness (QED) is 0.423. The van der Waals surface area contributed by atoms with E-state index in [-0.39, 0.29) is 35.3 Å². The second-order valence-corrected chi connectivity index (χ2v) is 6.97. The van der Waals surface area contributed by atoms with Gasteiger partial charge in [-0.1, -0.05) is 50.1 Å². The average Bonchev–Trinajstić information content (AvgIpc) is 2.51. The van der Waals surface area contributed by atoms with Gasteiger partial charge in [0.1, 0.15) is 11.5 Å². The zero-order valence-electron chi connectivity index (χ0n) is 14.6. The Morgan fingerprint density at radius 3 is 2.32 bits per heavy atom. The van der Waals surface area contributed by atoms with Crippen LogP contribution in [0.3, 0.4) is 0 Å². The number of ether oxygens (including phenoxy) is 1. The van der Waals surface area contributed by atoms with Crippen LogP contribution in [-0.4, -0.2) is 13.0 Å². The van der Waals surface area contributed by atoms with Crippen molar-refractivity contribution in [1.82, 2.24) is 0 Å². The molecule has 0 atom stereocenters. The van der Waals surface area contributed by atoms with Gasteiger partial charge in [0, 0.05) is 0 Å². The van der Waals surface area contributed by atoms with Gasteiger partial charge in [0.15, 0.2) is 0 Å². The van der Waals surface area contributed by atoms with E-state index in [2.05, 4.69) is 6.92 Å². The second-order valence-electron chi connectivity index (χ2n) is 5.61. The Morgan fingerprint density at radius 2 is 1.72 bits per heavy atom. The summed E-state index contributed by atoms with van der Waals surface area (Å²) in [5.74, 6) is 0.0638. The molecule has 0 aromatic heterocycles. The van der Waals surface area contributed by atoms with Crippen molar-refractivity contribution in [3.63, 3.8) is 0 Å². The van der Waals surface area contributed by atoms with E-state index in [9.17, 15) is 18.1 Å². The van der Waals surface area contributed by atoms with Crippen molar-refractivity contribution in [2.24, 2.45) is 0 Å². The third-order valence-corrected chi connectivity index (χ3v) is 4.62. The Bertz CT molecular complexity index is 776. The van der Waals surface area contributed by atoms with Gasteiger partial charge in [-0.25, -0.2) is 0 Å². The van der Waals surface area contributed by atoms with Gasteiger partial charge < -0.3 is 9.84 Å².